The molecule has 1 saturated heterocycles. The molecule has 2 rings (SSSR count). The summed E-state index contributed by atoms with van der Waals surface area (Å²) in [5.74, 6) is 1.92. The Kier molecular flexibility index (Phi) is 5.87. The third-order valence-corrected chi connectivity index (χ3v) is 3.79. The number of nitrogens with one attached hydrogen (secondary N) is 1. The highest BCUT2D eigenvalue weighted by Crippen LogP contribution is 2.25. The molecular weight excluding hydrogens is 268 g/mol. The molecule has 0 aliphatic carbocycles. The second-order valence-corrected chi connectivity index (χ2v) is 5.16. The van der Waals surface area contributed by atoms with Crippen LogP contribution >= 0.6 is 0 Å². The van der Waals surface area contributed by atoms with Gasteiger partial charge in [-0.25, -0.2) is 0 Å². The van der Waals surface area contributed by atoms with Crippen molar-refractivity contribution in [2.45, 2.75) is 19.3 Å². The summed E-state index contributed by atoms with van der Waals surface area (Å²) in [6.07, 6.45) is 2.23. The average molecular weight is 292 g/mol. The van der Waals surface area contributed by atoms with Gasteiger partial charge < -0.3 is 19.7 Å². The van der Waals surface area contributed by atoms with Gasteiger partial charge in [0.05, 0.1) is 14.2 Å². The maximum Gasteiger partial charge on any atom is 0.222 e. The van der Waals surface area contributed by atoms with E-state index in [-0.39, 0.29) is 5.91 Å². The Balaban J connectivity index is 1.86. The number of hydrogen-bond donors (Lipinski definition) is 1. The van der Waals surface area contributed by atoms with E-state index in [0.29, 0.717) is 6.42 Å². The molecular formula is C16H24N2O3. The number of nitrogens with zero attached hydrogens (tertiary/aromatic N) is 1. The number of piperazine rings is 1. The van der Waals surface area contributed by atoms with Crippen LogP contribution in [0.5, 0.6) is 11.5 Å². The van der Waals surface area contributed by atoms with Crippen LogP contribution < -0.4 is 14.8 Å². The molecule has 0 spiro atoms. The summed E-state index contributed by atoms with van der Waals surface area (Å²) in [6.45, 7) is 3.44. The topological polar surface area (TPSA) is 50.8 Å². The van der Waals surface area contributed by atoms with E-state index in [0.717, 1.165) is 56.1 Å². The molecule has 1 aliphatic rings. The van der Waals surface area contributed by atoms with E-state index in [2.05, 4.69) is 5.32 Å². The van der Waals surface area contributed by atoms with Gasteiger partial charge in [0, 0.05) is 32.6 Å². The predicted octanol–water partition coefficient (Wildman–Crippen LogP) is 1.46. The maximum absolute atomic E-state index is 12.1. The Morgan fingerprint density at radius 3 is 2.67 bits per heavy atom. The van der Waals surface area contributed by atoms with Crippen molar-refractivity contribution in [1.82, 2.24) is 10.2 Å². The van der Waals surface area contributed by atoms with Crippen molar-refractivity contribution in [2.24, 2.45) is 0 Å². The van der Waals surface area contributed by atoms with E-state index in [4.69, 9.17) is 9.47 Å². The van der Waals surface area contributed by atoms with Crippen molar-refractivity contribution < 1.29 is 14.3 Å². The highest BCUT2D eigenvalue weighted by molar-refractivity contribution is 5.76. The Morgan fingerprint density at radius 1 is 1.24 bits per heavy atom. The van der Waals surface area contributed by atoms with Crippen molar-refractivity contribution >= 4 is 5.91 Å². The lowest BCUT2D eigenvalue weighted by Gasteiger charge is -2.27. The highest BCUT2D eigenvalue weighted by Gasteiger charge is 2.15. The Morgan fingerprint density at radius 2 is 2.00 bits per heavy atom. The molecule has 0 saturated carbocycles. The minimum atomic E-state index is 0.248. The van der Waals surface area contributed by atoms with Gasteiger partial charge in [-0.05, 0) is 36.6 Å². The van der Waals surface area contributed by atoms with E-state index in [1.165, 1.54) is 0 Å². The quantitative estimate of drug-likeness (QED) is 0.862. The van der Waals surface area contributed by atoms with Gasteiger partial charge in [0.25, 0.3) is 0 Å². The molecule has 1 N–H and O–H groups in total. The van der Waals surface area contributed by atoms with Crippen molar-refractivity contribution in [3.05, 3.63) is 23.8 Å². The fourth-order valence-electron chi connectivity index (χ4n) is 2.58. The number of rotatable bonds is 6. The van der Waals surface area contributed by atoms with E-state index >= 15 is 0 Å². The number of carbonyl (C=O) groups is 1. The first-order chi connectivity index (χ1) is 10.2. The summed E-state index contributed by atoms with van der Waals surface area (Å²) in [5.41, 5.74) is 1.09. The van der Waals surface area contributed by atoms with Gasteiger partial charge in [-0.2, -0.15) is 0 Å². The Labute approximate surface area is 126 Å². The third-order valence-electron chi connectivity index (χ3n) is 3.79. The summed E-state index contributed by atoms with van der Waals surface area (Å²) in [4.78, 5) is 14.1. The molecule has 0 atom stereocenters. The lowest BCUT2D eigenvalue weighted by Crippen LogP contribution is -2.46. The fourth-order valence-corrected chi connectivity index (χ4v) is 2.58. The van der Waals surface area contributed by atoms with Crippen LogP contribution in [-0.2, 0) is 11.2 Å². The van der Waals surface area contributed by atoms with Gasteiger partial charge in [-0.1, -0.05) is 0 Å². The minimum Gasteiger partial charge on any atom is -0.497 e. The zero-order chi connectivity index (χ0) is 15.1. The molecule has 21 heavy (non-hydrogen) atoms. The zero-order valence-corrected chi connectivity index (χ0v) is 12.9. The Bertz CT molecular complexity index is 471. The fraction of sp³-hybridized carbons (Fsp3) is 0.562. The monoisotopic (exact) mass is 292 g/mol. The van der Waals surface area contributed by atoms with Crippen LogP contribution in [0.4, 0.5) is 0 Å². The van der Waals surface area contributed by atoms with Gasteiger partial charge in [0.15, 0.2) is 0 Å². The number of ether oxygens (including phenoxy) is 2. The summed E-state index contributed by atoms with van der Waals surface area (Å²) >= 11 is 0. The van der Waals surface area contributed by atoms with Gasteiger partial charge in [-0.3, -0.25) is 4.79 Å². The number of hydrogen-bond acceptors (Lipinski definition) is 4. The largest absolute Gasteiger partial charge is 0.497 e. The molecule has 1 fully saturated rings. The van der Waals surface area contributed by atoms with E-state index in [1.807, 2.05) is 23.1 Å². The summed E-state index contributed by atoms with van der Waals surface area (Å²) in [6, 6.07) is 5.77. The van der Waals surface area contributed by atoms with Gasteiger partial charge >= 0.3 is 0 Å². The van der Waals surface area contributed by atoms with Crippen molar-refractivity contribution in [2.75, 3.05) is 40.4 Å². The van der Waals surface area contributed by atoms with E-state index < -0.39 is 0 Å². The van der Waals surface area contributed by atoms with Crippen molar-refractivity contribution in [1.29, 1.82) is 0 Å². The highest BCUT2D eigenvalue weighted by atomic mass is 16.5. The lowest BCUT2D eigenvalue weighted by atomic mass is 10.1. The zero-order valence-electron chi connectivity index (χ0n) is 12.9. The van der Waals surface area contributed by atoms with Crippen LogP contribution in [-0.4, -0.2) is 51.2 Å². The number of aryl methyl sites for hydroxylation is 1. The van der Waals surface area contributed by atoms with Gasteiger partial charge in [0.1, 0.15) is 11.5 Å². The molecule has 1 aliphatic heterocycles. The SMILES string of the molecule is COc1ccc(OC)c(CCCC(=O)N2CCNCC2)c1. The second-order valence-electron chi connectivity index (χ2n) is 5.16. The maximum atomic E-state index is 12.1. The van der Waals surface area contributed by atoms with Gasteiger partial charge in [-0.15, -0.1) is 0 Å². The van der Waals surface area contributed by atoms with Crippen molar-refractivity contribution in [3.8, 4) is 11.5 Å². The summed E-state index contributed by atoms with van der Waals surface area (Å²) in [5, 5.41) is 3.25. The number of carbonyl (C=O) groups excluding carboxylic acids is 1. The van der Waals surface area contributed by atoms with Crippen LogP contribution in [0, 0.1) is 0 Å². The lowest BCUT2D eigenvalue weighted by molar-refractivity contribution is -0.131. The first-order valence-corrected chi connectivity index (χ1v) is 7.44. The molecule has 1 amide bonds. The second kappa shape index (κ2) is 7.88. The molecule has 0 aromatic heterocycles. The smallest absolute Gasteiger partial charge is 0.222 e. The molecule has 0 radical (unpaired) electrons. The van der Waals surface area contributed by atoms with Crippen LogP contribution in [0.25, 0.3) is 0 Å². The van der Waals surface area contributed by atoms with Crippen LogP contribution in [0.15, 0.2) is 18.2 Å². The molecule has 116 valence electrons. The summed E-state index contributed by atoms with van der Waals surface area (Å²) in [7, 11) is 3.32. The van der Waals surface area contributed by atoms with Crippen molar-refractivity contribution in [3.63, 3.8) is 0 Å². The first-order valence-electron chi connectivity index (χ1n) is 7.44. The average Bonchev–Trinajstić information content (AvgIpc) is 2.55. The van der Waals surface area contributed by atoms with Crippen LogP contribution in [0.3, 0.4) is 0 Å². The van der Waals surface area contributed by atoms with Gasteiger partial charge in [0.2, 0.25) is 5.91 Å². The molecule has 1 aromatic carbocycles. The molecule has 5 heteroatoms. The standard InChI is InChI=1S/C16H24N2O3/c1-20-14-6-7-15(21-2)13(12-14)4-3-5-16(19)18-10-8-17-9-11-18/h6-7,12,17H,3-5,8-11H2,1-2H3. The molecule has 5 nitrogen and oxygen atoms in total. The predicted molar refractivity (Wildman–Crippen MR) is 81.9 cm³/mol. The van der Waals surface area contributed by atoms with Crippen LogP contribution in [0.2, 0.25) is 0 Å². The molecule has 1 aromatic rings. The third kappa shape index (κ3) is 4.36. The molecule has 1 heterocycles. The number of methoxy groups -OCH3 is 2. The van der Waals surface area contributed by atoms with E-state index in [9.17, 15) is 4.79 Å². The first kappa shape index (κ1) is 15.6. The van der Waals surface area contributed by atoms with E-state index in [1.54, 1.807) is 14.2 Å². The van der Waals surface area contributed by atoms with Crippen LogP contribution in [0.1, 0.15) is 18.4 Å². The number of amides is 1. The summed E-state index contributed by atoms with van der Waals surface area (Å²) < 4.78 is 10.6. The number of benzene rings is 1. The molecule has 0 bridgehead atoms. The molecule has 0 unspecified atom stereocenters. The minimum absolute atomic E-state index is 0.248. The normalized spacial score (nSPS) is 14.9. The Hall–Kier alpha value is -1.75.